The highest BCUT2D eigenvalue weighted by Gasteiger charge is 1.99. The Bertz CT molecular complexity index is 139. The second-order valence-electron chi connectivity index (χ2n) is 1.24. The molecule has 0 fully saturated rings. The monoisotopic (exact) mass is 140 g/mol. The molecule has 4 N–H and O–H groups in total. The van der Waals surface area contributed by atoms with Gasteiger partial charge in [-0.2, -0.15) is 0 Å². The molecular formula is C2H8N2O3S. The van der Waals surface area contributed by atoms with E-state index < -0.39 is 10.0 Å². The first-order valence-electron chi connectivity index (χ1n) is 1.88. The average Bonchev–Trinajstić information content (AvgIpc) is 1.59. The predicted molar refractivity (Wildman–Crippen MR) is 28.1 cm³/mol. The van der Waals surface area contributed by atoms with Gasteiger partial charge in [-0.25, -0.2) is 19.5 Å². The molecule has 0 aliphatic rings. The Hall–Kier alpha value is -0.170. The molecule has 0 spiro atoms. The number of nitrogens with two attached hydrogens (primary N) is 2. The van der Waals surface area contributed by atoms with E-state index in [1.807, 2.05) is 0 Å². The van der Waals surface area contributed by atoms with Crippen molar-refractivity contribution in [1.82, 2.24) is 0 Å². The van der Waals surface area contributed by atoms with Crippen LogP contribution in [0.25, 0.3) is 0 Å². The maximum atomic E-state index is 10.0. The third-order valence-electron chi connectivity index (χ3n) is 0.486. The van der Waals surface area contributed by atoms with E-state index >= 15 is 0 Å². The van der Waals surface area contributed by atoms with Crippen molar-refractivity contribution < 1.29 is 13.3 Å². The van der Waals surface area contributed by atoms with Crippen LogP contribution >= 0.6 is 0 Å². The summed E-state index contributed by atoms with van der Waals surface area (Å²) in [6.07, 6.45) is 0. The van der Waals surface area contributed by atoms with Crippen molar-refractivity contribution in [2.75, 3.05) is 12.4 Å². The standard InChI is InChI=1S/C2H8N2O3S/c3-7-1-2-8(4,5)6/h1-3H2,(H2,4,5,6). The summed E-state index contributed by atoms with van der Waals surface area (Å²) in [6, 6.07) is 0. The molecule has 0 amide bonds. The highest BCUT2D eigenvalue weighted by molar-refractivity contribution is 7.89. The summed E-state index contributed by atoms with van der Waals surface area (Å²) >= 11 is 0. The van der Waals surface area contributed by atoms with Crippen molar-refractivity contribution in [3.63, 3.8) is 0 Å². The highest BCUT2D eigenvalue weighted by atomic mass is 32.2. The highest BCUT2D eigenvalue weighted by Crippen LogP contribution is 1.74. The normalized spacial score (nSPS) is 11.8. The Morgan fingerprint density at radius 2 is 2.00 bits per heavy atom. The smallest absolute Gasteiger partial charge is 0.211 e. The van der Waals surface area contributed by atoms with Crippen LogP contribution in [-0.2, 0) is 14.9 Å². The minimum Gasteiger partial charge on any atom is -0.304 e. The Morgan fingerprint density at radius 3 is 2.12 bits per heavy atom. The largest absolute Gasteiger partial charge is 0.304 e. The van der Waals surface area contributed by atoms with E-state index in [2.05, 4.69) is 15.9 Å². The van der Waals surface area contributed by atoms with E-state index in [4.69, 9.17) is 0 Å². The molecule has 0 aromatic rings. The van der Waals surface area contributed by atoms with Gasteiger partial charge in [0.25, 0.3) is 0 Å². The van der Waals surface area contributed by atoms with Gasteiger partial charge in [0.2, 0.25) is 10.0 Å². The van der Waals surface area contributed by atoms with E-state index in [1.54, 1.807) is 0 Å². The van der Waals surface area contributed by atoms with Gasteiger partial charge in [0, 0.05) is 0 Å². The van der Waals surface area contributed by atoms with E-state index in [-0.39, 0.29) is 12.4 Å². The van der Waals surface area contributed by atoms with Gasteiger partial charge >= 0.3 is 0 Å². The summed E-state index contributed by atoms with van der Waals surface area (Å²) in [5, 5.41) is 4.56. The van der Waals surface area contributed by atoms with Crippen LogP contribution in [0.2, 0.25) is 0 Å². The number of sulfonamides is 1. The van der Waals surface area contributed by atoms with E-state index in [1.165, 1.54) is 0 Å². The molecule has 0 saturated carbocycles. The van der Waals surface area contributed by atoms with Crippen LogP contribution in [0.3, 0.4) is 0 Å². The minimum atomic E-state index is -3.39. The molecule has 8 heavy (non-hydrogen) atoms. The van der Waals surface area contributed by atoms with Crippen LogP contribution in [0.15, 0.2) is 0 Å². The lowest BCUT2D eigenvalue weighted by atomic mass is 10.9. The lowest BCUT2D eigenvalue weighted by molar-refractivity contribution is 0.153. The third-order valence-corrected chi connectivity index (χ3v) is 1.22. The zero-order valence-corrected chi connectivity index (χ0v) is 5.02. The summed E-state index contributed by atoms with van der Waals surface area (Å²) < 4.78 is 20.1. The number of hydrogen-bond donors (Lipinski definition) is 2. The average molecular weight is 140 g/mol. The van der Waals surface area contributed by atoms with E-state index in [9.17, 15) is 8.42 Å². The second-order valence-corrected chi connectivity index (χ2v) is 2.97. The van der Waals surface area contributed by atoms with Gasteiger partial charge < -0.3 is 4.84 Å². The van der Waals surface area contributed by atoms with Crippen LogP contribution in [0.1, 0.15) is 0 Å². The molecule has 0 aliphatic heterocycles. The third kappa shape index (κ3) is 5.83. The summed E-state index contributed by atoms with van der Waals surface area (Å²) in [7, 11) is -3.39. The van der Waals surface area contributed by atoms with Crippen LogP contribution in [0.5, 0.6) is 0 Å². The Kier molecular flexibility index (Phi) is 2.91. The zero-order chi connectivity index (χ0) is 6.62. The molecule has 0 aromatic heterocycles. The van der Waals surface area contributed by atoms with Gasteiger partial charge in [0.05, 0.1) is 12.4 Å². The van der Waals surface area contributed by atoms with Crippen LogP contribution in [0, 0.1) is 0 Å². The Balaban J connectivity index is 3.42. The van der Waals surface area contributed by atoms with Crippen molar-refractivity contribution in [1.29, 1.82) is 0 Å². The topological polar surface area (TPSA) is 95.4 Å². The summed E-state index contributed by atoms with van der Waals surface area (Å²) in [6.45, 7) is -0.0567. The minimum absolute atomic E-state index is 0.0567. The molecule has 0 bridgehead atoms. The summed E-state index contributed by atoms with van der Waals surface area (Å²) in [5.74, 6) is 4.28. The maximum Gasteiger partial charge on any atom is 0.211 e. The first kappa shape index (κ1) is 7.83. The summed E-state index contributed by atoms with van der Waals surface area (Å²) in [5.41, 5.74) is 0. The fourth-order valence-corrected chi connectivity index (χ4v) is 0.493. The van der Waals surface area contributed by atoms with Crippen LogP contribution < -0.4 is 11.0 Å². The molecule has 0 rings (SSSR count). The quantitative estimate of drug-likeness (QED) is 0.450. The maximum absolute atomic E-state index is 10.0. The lowest BCUT2D eigenvalue weighted by Crippen LogP contribution is -2.21. The molecule has 0 heterocycles. The molecule has 6 heteroatoms. The van der Waals surface area contributed by atoms with Gasteiger partial charge in [-0.1, -0.05) is 0 Å². The van der Waals surface area contributed by atoms with Crippen LogP contribution in [-0.4, -0.2) is 20.8 Å². The van der Waals surface area contributed by atoms with Crippen molar-refractivity contribution in [2.45, 2.75) is 0 Å². The Morgan fingerprint density at radius 1 is 1.50 bits per heavy atom. The molecule has 0 unspecified atom stereocenters. The lowest BCUT2D eigenvalue weighted by Gasteiger charge is -1.92. The Labute approximate surface area is 47.6 Å². The van der Waals surface area contributed by atoms with Crippen molar-refractivity contribution in [3.8, 4) is 0 Å². The first-order valence-corrected chi connectivity index (χ1v) is 3.60. The zero-order valence-electron chi connectivity index (χ0n) is 4.20. The second kappa shape index (κ2) is 2.98. The van der Waals surface area contributed by atoms with Crippen molar-refractivity contribution in [2.24, 2.45) is 11.0 Å². The molecule has 50 valence electrons. The predicted octanol–water partition coefficient (Wildman–Crippen LogP) is -1.83. The molecule has 0 saturated heterocycles. The number of primary sulfonamides is 1. The van der Waals surface area contributed by atoms with Gasteiger partial charge in [-0.3, -0.25) is 0 Å². The molecule has 0 radical (unpaired) electrons. The molecule has 5 nitrogen and oxygen atoms in total. The first-order chi connectivity index (χ1) is 3.56. The molecule has 0 atom stereocenters. The van der Waals surface area contributed by atoms with Gasteiger partial charge in [0.15, 0.2) is 0 Å². The van der Waals surface area contributed by atoms with Gasteiger partial charge in [-0.15, -0.1) is 0 Å². The van der Waals surface area contributed by atoms with E-state index in [0.717, 1.165) is 0 Å². The fraction of sp³-hybridized carbons (Fsp3) is 1.00. The fourth-order valence-electron chi connectivity index (χ4n) is 0.164. The molecular weight excluding hydrogens is 132 g/mol. The van der Waals surface area contributed by atoms with Crippen molar-refractivity contribution >= 4 is 10.0 Å². The number of hydrogen-bond acceptors (Lipinski definition) is 4. The molecule has 0 aliphatic carbocycles. The van der Waals surface area contributed by atoms with Gasteiger partial charge in [0.1, 0.15) is 0 Å². The van der Waals surface area contributed by atoms with Crippen molar-refractivity contribution in [3.05, 3.63) is 0 Å². The SMILES string of the molecule is NOCCS(N)(=O)=O. The van der Waals surface area contributed by atoms with Crippen LogP contribution in [0.4, 0.5) is 0 Å². The molecule has 0 aromatic carbocycles. The number of rotatable bonds is 3. The van der Waals surface area contributed by atoms with Gasteiger partial charge in [-0.05, 0) is 0 Å². The van der Waals surface area contributed by atoms with E-state index in [0.29, 0.717) is 0 Å². The summed E-state index contributed by atoms with van der Waals surface area (Å²) in [4.78, 5) is 3.96.